The van der Waals surface area contributed by atoms with Crippen LogP contribution in [0.5, 0.6) is 0 Å². The van der Waals surface area contributed by atoms with Gasteiger partial charge in [0.1, 0.15) is 0 Å². The third-order valence-corrected chi connectivity index (χ3v) is 6.12. The first kappa shape index (κ1) is 22.0. The largest absolute Gasteiger partial charge is 0.461 e. The van der Waals surface area contributed by atoms with Gasteiger partial charge >= 0.3 is 5.97 Å². The summed E-state index contributed by atoms with van der Waals surface area (Å²) in [7, 11) is 0. The van der Waals surface area contributed by atoms with Crippen molar-refractivity contribution in [2.75, 3.05) is 19.7 Å². The van der Waals surface area contributed by atoms with Gasteiger partial charge in [-0.1, -0.05) is 18.2 Å². The minimum absolute atomic E-state index is 0.0117. The highest BCUT2D eigenvalue weighted by atomic mass is 16.5. The first-order valence-corrected chi connectivity index (χ1v) is 11.1. The van der Waals surface area contributed by atoms with Gasteiger partial charge in [0.2, 0.25) is 11.8 Å². The molecule has 0 bridgehead atoms. The van der Waals surface area contributed by atoms with Crippen LogP contribution in [0.15, 0.2) is 30.3 Å². The molecule has 1 aromatic heterocycles. The van der Waals surface area contributed by atoms with Crippen molar-refractivity contribution in [2.24, 2.45) is 5.92 Å². The zero-order chi connectivity index (χ0) is 23.0. The first-order chi connectivity index (χ1) is 15.2. The van der Waals surface area contributed by atoms with Gasteiger partial charge in [-0.05, 0) is 39.8 Å². The van der Waals surface area contributed by atoms with Crippen molar-refractivity contribution < 1.29 is 19.1 Å². The summed E-state index contributed by atoms with van der Waals surface area (Å²) < 4.78 is 7.02. The van der Waals surface area contributed by atoms with E-state index in [4.69, 9.17) is 4.74 Å². The summed E-state index contributed by atoms with van der Waals surface area (Å²) in [4.78, 5) is 42.0. The van der Waals surface area contributed by atoms with Crippen molar-refractivity contribution in [2.45, 2.75) is 52.6 Å². The number of carbonyl (C=O) groups is 3. The van der Waals surface area contributed by atoms with Gasteiger partial charge in [-0.3, -0.25) is 9.59 Å². The number of nitrogens with zero attached hydrogens (tertiary/aromatic N) is 4. The molecule has 1 unspecified atom stereocenters. The van der Waals surface area contributed by atoms with E-state index in [1.807, 2.05) is 51.1 Å². The molecular formula is C24H30N4O4. The molecule has 2 amide bonds. The number of amides is 2. The molecule has 2 aliphatic rings. The summed E-state index contributed by atoms with van der Waals surface area (Å²) in [6, 6.07) is 9.64. The van der Waals surface area contributed by atoms with E-state index in [0.717, 1.165) is 16.9 Å². The number of carbonyl (C=O) groups excluding carboxylic acids is 3. The Balaban J connectivity index is 1.61. The van der Waals surface area contributed by atoms with E-state index in [1.54, 1.807) is 21.4 Å². The van der Waals surface area contributed by atoms with Gasteiger partial charge in [0.25, 0.3) is 0 Å². The molecule has 1 aromatic carbocycles. The van der Waals surface area contributed by atoms with E-state index in [1.165, 1.54) is 0 Å². The fraction of sp³-hybridized carbons (Fsp3) is 0.500. The summed E-state index contributed by atoms with van der Waals surface area (Å²) >= 11 is 0. The fourth-order valence-corrected chi connectivity index (χ4v) is 4.53. The Morgan fingerprint density at radius 1 is 1.19 bits per heavy atom. The van der Waals surface area contributed by atoms with E-state index in [-0.39, 0.29) is 48.5 Å². The number of hydrogen-bond donors (Lipinski definition) is 0. The van der Waals surface area contributed by atoms with Crippen LogP contribution >= 0.6 is 0 Å². The fourth-order valence-electron chi connectivity index (χ4n) is 4.53. The Morgan fingerprint density at radius 2 is 1.91 bits per heavy atom. The standard InChI is InChI=1S/C24H30N4O4/c1-5-32-23(31)21-18-15-26(22(30)16-13-20(29)27(14-16)24(2,3)4)12-11-19(18)28(25-21)17-9-7-6-8-10-17/h6-10,16H,5,11-15H2,1-4H3. The second kappa shape index (κ2) is 8.41. The van der Waals surface area contributed by atoms with Gasteiger partial charge in [-0.25, -0.2) is 9.48 Å². The molecule has 32 heavy (non-hydrogen) atoms. The molecule has 170 valence electrons. The molecule has 0 saturated carbocycles. The van der Waals surface area contributed by atoms with Crippen molar-refractivity contribution in [1.29, 1.82) is 0 Å². The van der Waals surface area contributed by atoms with Crippen LogP contribution in [0, 0.1) is 5.92 Å². The summed E-state index contributed by atoms with van der Waals surface area (Å²) in [5.74, 6) is -0.878. The van der Waals surface area contributed by atoms with Crippen molar-refractivity contribution in [3.05, 3.63) is 47.3 Å². The van der Waals surface area contributed by atoms with Gasteiger partial charge in [-0.15, -0.1) is 0 Å². The average molecular weight is 439 g/mol. The van der Waals surface area contributed by atoms with E-state index in [0.29, 0.717) is 19.5 Å². The van der Waals surface area contributed by atoms with Crippen molar-refractivity contribution in [3.8, 4) is 5.69 Å². The number of para-hydroxylation sites is 1. The lowest BCUT2D eigenvalue weighted by Crippen LogP contribution is -2.44. The minimum Gasteiger partial charge on any atom is -0.461 e. The van der Waals surface area contributed by atoms with Crippen LogP contribution in [0.2, 0.25) is 0 Å². The summed E-state index contributed by atoms with van der Waals surface area (Å²) in [5, 5.41) is 4.57. The van der Waals surface area contributed by atoms with Gasteiger partial charge in [0.05, 0.1) is 23.9 Å². The normalized spacial score (nSPS) is 18.6. The van der Waals surface area contributed by atoms with E-state index in [9.17, 15) is 14.4 Å². The molecular weight excluding hydrogens is 408 g/mol. The third kappa shape index (κ3) is 4.01. The van der Waals surface area contributed by atoms with E-state index >= 15 is 0 Å². The summed E-state index contributed by atoms with van der Waals surface area (Å²) in [6.07, 6.45) is 0.805. The molecule has 8 heteroatoms. The molecule has 2 aromatic rings. The highest BCUT2D eigenvalue weighted by Crippen LogP contribution is 2.31. The van der Waals surface area contributed by atoms with Crippen LogP contribution in [0.3, 0.4) is 0 Å². The molecule has 0 N–H and O–H groups in total. The molecule has 1 fully saturated rings. The van der Waals surface area contributed by atoms with Crippen LogP contribution in [0.1, 0.15) is 55.9 Å². The molecule has 0 radical (unpaired) electrons. The molecule has 2 aliphatic heterocycles. The highest BCUT2D eigenvalue weighted by molar-refractivity contribution is 5.91. The predicted octanol–water partition coefficient (Wildman–Crippen LogP) is 2.58. The Kier molecular flexibility index (Phi) is 5.79. The number of aromatic nitrogens is 2. The Hall–Kier alpha value is -3.16. The third-order valence-electron chi connectivity index (χ3n) is 6.12. The maximum absolute atomic E-state index is 13.3. The van der Waals surface area contributed by atoms with E-state index < -0.39 is 5.97 Å². The molecule has 8 nitrogen and oxygen atoms in total. The van der Waals surface area contributed by atoms with Gasteiger partial charge in [0, 0.05) is 43.6 Å². The second-order valence-corrected chi connectivity index (χ2v) is 9.33. The van der Waals surface area contributed by atoms with Crippen molar-refractivity contribution in [1.82, 2.24) is 19.6 Å². The SMILES string of the molecule is CCOC(=O)c1nn(-c2ccccc2)c2c1CN(C(=O)C1CC(=O)N(C(C)(C)C)C1)CC2. The molecule has 1 atom stereocenters. The lowest BCUT2D eigenvalue weighted by molar-refractivity contribution is -0.136. The number of esters is 1. The Bertz CT molecular complexity index is 1040. The van der Waals surface area contributed by atoms with Gasteiger partial charge in [0.15, 0.2) is 5.69 Å². The zero-order valence-corrected chi connectivity index (χ0v) is 19.1. The van der Waals surface area contributed by atoms with E-state index in [2.05, 4.69) is 5.10 Å². The topological polar surface area (TPSA) is 84.7 Å². The predicted molar refractivity (Wildman–Crippen MR) is 118 cm³/mol. The zero-order valence-electron chi connectivity index (χ0n) is 19.1. The Labute approximate surface area is 188 Å². The summed E-state index contributed by atoms with van der Waals surface area (Å²) in [6.45, 7) is 9.19. The van der Waals surface area contributed by atoms with Crippen LogP contribution in [0.25, 0.3) is 5.69 Å². The lowest BCUT2D eigenvalue weighted by Gasteiger charge is -2.33. The molecule has 0 spiro atoms. The maximum Gasteiger partial charge on any atom is 0.359 e. The molecule has 0 aliphatic carbocycles. The highest BCUT2D eigenvalue weighted by Gasteiger charge is 2.42. The molecule has 4 rings (SSSR count). The second-order valence-electron chi connectivity index (χ2n) is 9.33. The average Bonchev–Trinajstić information content (AvgIpc) is 3.34. The number of rotatable bonds is 4. The van der Waals surface area contributed by atoms with Gasteiger partial charge in [-0.2, -0.15) is 5.10 Å². The number of hydrogen-bond acceptors (Lipinski definition) is 5. The van der Waals surface area contributed by atoms with Gasteiger partial charge < -0.3 is 14.5 Å². The smallest absolute Gasteiger partial charge is 0.359 e. The van der Waals surface area contributed by atoms with Crippen molar-refractivity contribution >= 4 is 17.8 Å². The molecule has 1 saturated heterocycles. The number of fused-ring (bicyclic) bond motifs is 1. The quantitative estimate of drug-likeness (QED) is 0.685. The van der Waals surface area contributed by atoms with Crippen molar-refractivity contribution in [3.63, 3.8) is 0 Å². The van der Waals surface area contributed by atoms with Crippen LogP contribution in [-0.2, 0) is 27.3 Å². The first-order valence-electron chi connectivity index (χ1n) is 11.1. The van der Waals surface area contributed by atoms with Crippen LogP contribution in [-0.4, -0.2) is 62.6 Å². The summed E-state index contributed by atoms with van der Waals surface area (Å²) in [5.41, 5.74) is 2.45. The molecule has 3 heterocycles. The minimum atomic E-state index is -0.484. The number of benzene rings is 1. The van der Waals surface area contributed by atoms with Crippen LogP contribution in [0.4, 0.5) is 0 Å². The van der Waals surface area contributed by atoms with Crippen LogP contribution < -0.4 is 0 Å². The number of likely N-dealkylation sites (tertiary alicyclic amines) is 1. The monoisotopic (exact) mass is 438 g/mol. The maximum atomic E-state index is 13.3. The lowest BCUT2D eigenvalue weighted by atomic mass is 10.0. The number of ether oxygens (including phenoxy) is 1. The Morgan fingerprint density at radius 3 is 2.53 bits per heavy atom.